The van der Waals surface area contributed by atoms with Crippen molar-refractivity contribution in [2.45, 2.75) is 50.5 Å². The number of hydrogen-bond donors (Lipinski definition) is 0. The molecule has 1 aromatic carbocycles. The van der Waals surface area contributed by atoms with Crippen molar-refractivity contribution in [3.05, 3.63) is 35.4 Å². The van der Waals surface area contributed by atoms with Gasteiger partial charge in [0.15, 0.2) is 0 Å². The molecule has 96 valence electrons. The van der Waals surface area contributed by atoms with Gasteiger partial charge in [-0.3, -0.25) is 4.79 Å². The van der Waals surface area contributed by atoms with Gasteiger partial charge in [0, 0.05) is 18.9 Å². The Morgan fingerprint density at radius 3 is 3.00 bits per heavy atom. The van der Waals surface area contributed by atoms with Crippen LogP contribution >= 0.6 is 0 Å². The maximum Gasteiger partial charge on any atom is 0.140 e. The molecule has 0 radical (unpaired) electrons. The molecule has 2 nitrogen and oxygen atoms in total. The average molecular weight is 244 g/mol. The lowest BCUT2D eigenvalue weighted by Gasteiger charge is -2.12. The largest absolute Gasteiger partial charge is 0.378 e. The van der Waals surface area contributed by atoms with Gasteiger partial charge in [0.2, 0.25) is 0 Å². The van der Waals surface area contributed by atoms with Crippen LogP contribution in [0.1, 0.15) is 49.1 Å². The highest BCUT2D eigenvalue weighted by atomic mass is 16.5. The molecule has 3 rings (SSSR count). The number of aryl methyl sites for hydroxylation is 1. The zero-order chi connectivity index (χ0) is 12.4. The Morgan fingerprint density at radius 1 is 1.28 bits per heavy atom. The molecule has 0 saturated carbocycles. The topological polar surface area (TPSA) is 26.3 Å². The summed E-state index contributed by atoms with van der Waals surface area (Å²) in [5.41, 5.74) is 2.64. The summed E-state index contributed by atoms with van der Waals surface area (Å²) in [6.07, 6.45) is 6.29. The van der Waals surface area contributed by atoms with Crippen LogP contribution in [-0.2, 0) is 16.0 Å². The molecule has 1 aromatic rings. The Morgan fingerprint density at radius 2 is 2.17 bits per heavy atom. The van der Waals surface area contributed by atoms with Gasteiger partial charge in [-0.25, -0.2) is 0 Å². The fraction of sp³-hybridized carbons (Fsp3) is 0.562. The fourth-order valence-corrected chi connectivity index (χ4v) is 3.24. The average Bonchev–Trinajstić information content (AvgIpc) is 3.05. The molecule has 0 aromatic heterocycles. The fourth-order valence-electron chi connectivity index (χ4n) is 3.24. The summed E-state index contributed by atoms with van der Waals surface area (Å²) in [4.78, 5) is 12.3. The SMILES string of the molecule is O=C(CCC1CCCO1)C1CCc2ccccc21. The first-order valence-electron chi connectivity index (χ1n) is 7.07. The highest BCUT2D eigenvalue weighted by Crippen LogP contribution is 2.34. The van der Waals surface area contributed by atoms with Gasteiger partial charge in [0.05, 0.1) is 6.10 Å². The highest BCUT2D eigenvalue weighted by molar-refractivity contribution is 5.86. The van der Waals surface area contributed by atoms with Crippen LogP contribution in [0.2, 0.25) is 0 Å². The second kappa shape index (κ2) is 5.23. The molecule has 0 spiro atoms. The molecular weight excluding hydrogens is 224 g/mol. The van der Waals surface area contributed by atoms with Crippen LogP contribution in [0.25, 0.3) is 0 Å². The lowest BCUT2D eigenvalue weighted by Crippen LogP contribution is -2.13. The van der Waals surface area contributed by atoms with E-state index in [2.05, 4.69) is 18.2 Å². The van der Waals surface area contributed by atoms with Gasteiger partial charge >= 0.3 is 0 Å². The van der Waals surface area contributed by atoms with E-state index in [1.807, 2.05) is 6.07 Å². The third-order valence-corrected chi connectivity index (χ3v) is 4.26. The number of carbonyl (C=O) groups excluding carboxylic acids is 1. The predicted molar refractivity (Wildman–Crippen MR) is 70.7 cm³/mol. The number of Topliss-reactive ketones (excluding diaryl/α,β-unsaturated/α-hetero) is 1. The first-order chi connectivity index (χ1) is 8.84. The Labute approximate surface area is 108 Å². The lowest BCUT2D eigenvalue weighted by atomic mass is 9.93. The monoisotopic (exact) mass is 244 g/mol. The Kier molecular flexibility index (Phi) is 3.46. The molecule has 1 heterocycles. The van der Waals surface area contributed by atoms with Gasteiger partial charge in [-0.1, -0.05) is 24.3 Å². The molecular formula is C16H20O2. The van der Waals surface area contributed by atoms with E-state index in [1.54, 1.807) is 0 Å². The quantitative estimate of drug-likeness (QED) is 0.812. The number of hydrogen-bond acceptors (Lipinski definition) is 2. The van der Waals surface area contributed by atoms with E-state index in [4.69, 9.17) is 4.74 Å². The minimum absolute atomic E-state index is 0.155. The molecule has 2 heteroatoms. The maximum absolute atomic E-state index is 12.3. The van der Waals surface area contributed by atoms with Gasteiger partial charge in [-0.2, -0.15) is 0 Å². The molecule has 2 unspecified atom stereocenters. The van der Waals surface area contributed by atoms with Crippen LogP contribution in [0, 0.1) is 0 Å². The van der Waals surface area contributed by atoms with Crippen LogP contribution in [0.3, 0.4) is 0 Å². The van der Waals surface area contributed by atoms with Crippen molar-refractivity contribution in [2.24, 2.45) is 0 Å². The summed E-state index contributed by atoms with van der Waals surface area (Å²) in [6.45, 7) is 0.880. The molecule has 2 atom stereocenters. The van der Waals surface area contributed by atoms with Crippen molar-refractivity contribution in [1.82, 2.24) is 0 Å². The van der Waals surface area contributed by atoms with E-state index >= 15 is 0 Å². The summed E-state index contributed by atoms with van der Waals surface area (Å²) in [7, 11) is 0. The van der Waals surface area contributed by atoms with Gasteiger partial charge in [-0.15, -0.1) is 0 Å². The number of rotatable bonds is 4. The Balaban J connectivity index is 1.60. The summed E-state index contributed by atoms with van der Waals surface area (Å²) >= 11 is 0. The molecule has 18 heavy (non-hydrogen) atoms. The zero-order valence-electron chi connectivity index (χ0n) is 10.7. The Bertz CT molecular complexity index is 432. The van der Waals surface area contributed by atoms with Crippen LogP contribution in [0.4, 0.5) is 0 Å². The normalized spacial score (nSPS) is 26.2. The van der Waals surface area contributed by atoms with E-state index in [1.165, 1.54) is 11.1 Å². The number of ether oxygens (including phenoxy) is 1. The van der Waals surface area contributed by atoms with Crippen LogP contribution in [-0.4, -0.2) is 18.5 Å². The zero-order valence-corrected chi connectivity index (χ0v) is 10.7. The van der Waals surface area contributed by atoms with E-state index in [0.29, 0.717) is 18.3 Å². The number of ketones is 1. The van der Waals surface area contributed by atoms with Crippen molar-refractivity contribution in [3.8, 4) is 0 Å². The third-order valence-electron chi connectivity index (χ3n) is 4.26. The second-order valence-electron chi connectivity index (χ2n) is 5.43. The molecule has 0 amide bonds. The minimum Gasteiger partial charge on any atom is -0.378 e. The second-order valence-corrected chi connectivity index (χ2v) is 5.43. The molecule has 2 aliphatic rings. The molecule has 1 aliphatic heterocycles. The van der Waals surface area contributed by atoms with Crippen molar-refractivity contribution < 1.29 is 9.53 Å². The van der Waals surface area contributed by atoms with E-state index in [0.717, 1.165) is 38.7 Å². The minimum atomic E-state index is 0.155. The van der Waals surface area contributed by atoms with Gasteiger partial charge in [0.1, 0.15) is 5.78 Å². The van der Waals surface area contributed by atoms with Crippen LogP contribution in [0.15, 0.2) is 24.3 Å². The number of carbonyl (C=O) groups is 1. The van der Waals surface area contributed by atoms with Gasteiger partial charge in [-0.05, 0) is 43.2 Å². The highest BCUT2D eigenvalue weighted by Gasteiger charge is 2.28. The maximum atomic E-state index is 12.3. The first-order valence-corrected chi connectivity index (χ1v) is 7.07. The van der Waals surface area contributed by atoms with Crippen molar-refractivity contribution in [1.29, 1.82) is 0 Å². The first kappa shape index (κ1) is 11.9. The lowest BCUT2D eigenvalue weighted by molar-refractivity contribution is -0.121. The molecule has 1 aliphatic carbocycles. The standard InChI is InChI=1S/C16H20O2/c17-16(10-8-13-5-3-11-18-13)15-9-7-12-4-1-2-6-14(12)15/h1-2,4,6,13,15H,3,5,7-11H2. The summed E-state index contributed by atoms with van der Waals surface area (Å²) in [5, 5.41) is 0. The number of benzene rings is 1. The van der Waals surface area contributed by atoms with Crippen molar-refractivity contribution >= 4 is 5.78 Å². The summed E-state index contributed by atoms with van der Waals surface area (Å²) in [6, 6.07) is 8.39. The number of fused-ring (bicyclic) bond motifs is 1. The molecule has 0 bridgehead atoms. The summed E-state index contributed by atoms with van der Waals surface area (Å²) < 4.78 is 5.58. The van der Waals surface area contributed by atoms with Crippen LogP contribution in [0.5, 0.6) is 0 Å². The van der Waals surface area contributed by atoms with Crippen molar-refractivity contribution in [3.63, 3.8) is 0 Å². The van der Waals surface area contributed by atoms with Gasteiger partial charge < -0.3 is 4.74 Å². The van der Waals surface area contributed by atoms with E-state index < -0.39 is 0 Å². The van der Waals surface area contributed by atoms with E-state index in [-0.39, 0.29) is 5.92 Å². The van der Waals surface area contributed by atoms with Crippen molar-refractivity contribution in [2.75, 3.05) is 6.61 Å². The van der Waals surface area contributed by atoms with E-state index in [9.17, 15) is 4.79 Å². The molecule has 1 saturated heterocycles. The van der Waals surface area contributed by atoms with Crippen LogP contribution < -0.4 is 0 Å². The summed E-state index contributed by atoms with van der Waals surface area (Å²) in [5.74, 6) is 0.568. The Hall–Kier alpha value is -1.15. The van der Waals surface area contributed by atoms with Gasteiger partial charge in [0.25, 0.3) is 0 Å². The third kappa shape index (κ3) is 2.35. The smallest absolute Gasteiger partial charge is 0.140 e. The molecule has 1 fully saturated rings. The molecule has 0 N–H and O–H groups in total. The predicted octanol–water partition coefficient (Wildman–Crippen LogP) is 3.24.